The highest BCUT2D eigenvalue weighted by molar-refractivity contribution is 7.99. The van der Waals surface area contributed by atoms with E-state index in [1.165, 1.54) is 17.2 Å². The first-order chi connectivity index (χ1) is 8.69. The molecule has 0 amide bonds. The summed E-state index contributed by atoms with van der Waals surface area (Å²) in [7, 11) is 1.94. The Morgan fingerprint density at radius 2 is 1.89 bits per heavy atom. The van der Waals surface area contributed by atoms with E-state index in [0.717, 1.165) is 16.3 Å². The zero-order valence-electron chi connectivity index (χ0n) is 10.5. The van der Waals surface area contributed by atoms with Crippen molar-refractivity contribution in [2.24, 2.45) is 0 Å². The average Bonchev–Trinajstić information content (AvgIpc) is 2.33. The average molecular weight is 261 g/mol. The van der Waals surface area contributed by atoms with Crippen LogP contribution in [0.15, 0.2) is 52.3 Å². The number of halogens is 1. The third kappa shape index (κ3) is 3.34. The van der Waals surface area contributed by atoms with Crippen LogP contribution in [0.3, 0.4) is 0 Å². The minimum Gasteiger partial charge on any atom is -0.316 e. The number of rotatable bonds is 4. The second-order valence-corrected chi connectivity index (χ2v) is 5.32. The van der Waals surface area contributed by atoms with Crippen molar-refractivity contribution in [3.63, 3.8) is 0 Å². The van der Waals surface area contributed by atoms with E-state index in [1.807, 2.05) is 13.1 Å². The summed E-state index contributed by atoms with van der Waals surface area (Å²) in [4.78, 5) is 2.06. The minimum absolute atomic E-state index is 0.191. The number of hydrogen-bond donors (Lipinski definition) is 1. The quantitative estimate of drug-likeness (QED) is 0.892. The molecular weight excluding hydrogens is 245 g/mol. The lowest BCUT2D eigenvalue weighted by atomic mass is 10.1. The predicted octanol–water partition coefficient (Wildman–Crippen LogP) is 4.00. The van der Waals surface area contributed by atoms with Crippen molar-refractivity contribution in [1.29, 1.82) is 0 Å². The molecule has 0 spiro atoms. The summed E-state index contributed by atoms with van der Waals surface area (Å²) in [6, 6.07) is 13.0. The molecule has 0 unspecified atom stereocenters. The van der Waals surface area contributed by atoms with Gasteiger partial charge in [-0.1, -0.05) is 23.9 Å². The van der Waals surface area contributed by atoms with Gasteiger partial charge in [0.15, 0.2) is 0 Å². The van der Waals surface area contributed by atoms with E-state index in [1.54, 1.807) is 23.9 Å². The van der Waals surface area contributed by atoms with Crippen LogP contribution in [0, 0.1) is 12.7 Å². The monoisotopic (exact) mass is 261 g/mol. The van der Waals surface area contributed by atoms with Crippen LogP contribution >= 0.6 is 11.8 Å². The zero-order chi connectivity index (χ0) is 13.0. The Morgan fingerprint density at radius 1 is 1.11 bits per heavy atom. The van der Waals surface area contributed by atoms with E-state index < -0.39 is 0 Å². The summed E-state index contributed by atoms with van der Waals surface area (Å²) in [5, 5.41) is 3.15. The molecule has 94 valence electrons. The molecule has 2 aromatic rings. The molecule has 0 saturated carbocycles. The van der Waals surface area contributed by atoms with E-state index in [2.05, 4.69) is 30.4 Å². The maximum atomic E-state index is 13.1. The maximum Gasteiger partial charge on any atom is 0.124 e. The summed E-state index contributed by atoms with van der Waals surface area (Å²) >= 11 is 1.58. The largest absolute Gasteiger partial charge is 0.316 e. The molecule has 0 aliphatic carbocycles. The van der Waals surface area contributed by atoms with Gasteiger partial charge in [-0.15, -0.1) is 0 Å². The number of nitrogens with one attached hydrogen (secondary N) is 1. The van der Waals surface area contributed by atoms with Crippen molar-refractivity contribution < 1.29 is 4.39 Å². The van der Waals surface area contributed by atoms with E-state index in [0.29, 0.717) is 0 Å². The normalized spacial score (nSPS) is 10.6. The Bertz CT molecular complexity index is 540. The fraction of sp³-hybridized carbons (Fsp3) is 0.200. The van der Waals surface area contributed by atoms with Crippen molar-refractivity contribution in [1.82, 2.24) is 5.32 Å². The Labute approximate surface area is 111 Å². The minimum atomic E-state index is -0.191. The molecule has 0 saturated heterocycles. The van der Waals surface area contributed by atoms with E-state index >= 15 is 0 Å². The van der Waals surface area contributed by atoms with Crippen molar-refractivity contribution in [2.75, 3.05) is 7.05 Å². The van der Waals surface area contributed by atoms with Crippen LogP contribution in [-0.4, -0.2) is 7.05 Å². The molecule has 1 N–H and O–H groups in total. The highest BCUT2D eigenvalue weighted by Gasteiger charge is 2.02. The fourth-order valence-corrected chi connectivity index (χ4v) is 2.75. The highest BCUT2D eigenvalue weighted by atomic mass is 32.2. The van der Waals surface area contributed by atoms with Crippen molar-refractivity contribution in [3.05, 3.63) is 59.4 Å². The maximum absolute atomic E-state index is 13.1. The van der Waals surface area contributed by atoms with Gasteiger partial charge in [0, 0.05) is 16.3 Å². The summed E-state index contributed by atoms with van der Waals surface area (Å²) in [5.41, 5.74) is 2.55. The summed E-state index contributed by atoms with van der Waals surface area (Å²) in [6.45, 7) is 2.97. The number of benzene rings is 2. The summed E-state index contributed by atoms with van der Waals surface area (Å²) in [6.07, 6.45) is 0. The van der Waals surface area contributed by atoms with E-state index in [-0.39, 0.29) is 5.82 Å². The smallest absolute Gasteiger partial charge is 0.124 e. The molecule has 0 bridgehead atoms. The molecule has 0 fully saturated rings. The van der Waals surface area contributed by atoms with Gasteiger partial charge in [-0.05, 0) is 55.4 Å². The van der Waals surface area contributed by atoms with Gasteiger partial charge >= 0.3 is 0 Å². The Balaban J connectivity index is 2.17. The molecule has 1 nitrogen and oxygen atoms in total. The molecule has 3 heteroatoms. The van der Waals surface area contributed by atoms with Gasteiger partial charge in [0.05, 0.1) is 0 Å². The molecule has 0 heterocycles. The molecule has 0 atom stereocenters. The first kappa shape index (κ1) is 13.1. The number of hydrogen-bond acceptors (Lipinski definition) is 2. The fourth-order valence-electron chi connectivity index (χ4n) is 1.79. The van der Waals surface area contributed by atoms with Crippen LogP contribution < -0.4 is 5.32 Å². The van der Waals surface area contributed by atoms with Gasteiger partial charge in [0.25, 0.3) is 0 Å². The molecule has 18 heavy (non-hydrogen) atoms. The second-order valence-electron chi connectivity index (χ2n) is 4.18. The topological polar surface area (TPSA) is 12.0 Å². The third-order valence-corrected chi connectivity index (χ3v) is 3.69. The zero-order valence-corrected chi connectivity index (χ0v) is 11.4. The molecular formula is C15H16FNS. The van der Waals surface area contributed by atoms with Gasteiger partial charge in [-0.3, -0.25) is 0 Å². The predicted molar refractivity (Wildman–Crippen MR) is 74.5 cm³/mol. The van der Waals surface area contributed by atoms with Crippen LogP contribution in [0.25, 0.3) is 0 Å². The molecule has 0 aliphatic rings. The molecule has 2 aromatic carbocycles. The van der Waals surface area contributed by atoms with Crippen LogP contribution in [0.5, 0.6) is 0 Å². The van der Waals surface area contributed by atoms with Crippen LogP contribution in [0.1, 0.15) is 11.1 Å². The lowest BCUT2D eigenvalue weighted by molar-refractivity contribution is 0.624. The second kappa shape index (κ2) is 6.03. The van der Waals surface area contributed by atoms with Crippen LogP contribution in [0.2, 0.25) is 0 Å². The van der Waals surface area contributed by atoms with Crippen molar-refractivity contribution in [2.45, 2.75) is 23.3 Å². The lowest BCUT2D eigenvalue weighted by Crippen LogP contribution is -2.06. The first-order valence-corrected chi connectivity index (χ1v) is 6.68. The standard InChI is InChI=1S/C15H16FNS/c1-11-8-15(7-6-12(11)10-17-2)18-14-5-3-4-13(16)9-14/h3-9,17H,10H2,1-2H3. The van der Waals surface area contributed by atoms with Crippen molar-refractivity contribution >= 4 is 11.8 Å². The van der Waals surface area contributed by atoms with E-state index in [4.69, 9.17) is 0 Å². The van der Waals surface area contributed by atoms with Gasteiger partial charge in [-0.2, -0.15) is 0 Å². The lowest BCUT2D eigenvalue weighted by Gasteiger charge is -2.08. The van der Waals surface area contributed by atoms with Gasteiger partial charge in [-0.25, -0.2) is 4.39 Å². The third-order valence-electron chi connectivity index (χ3n) is 2.71. The summed E-state index contributed by atoms with van der Waals surface area (Å²) < 4.78 is 13.1. The van der Waals surface area contributed by atoms with Gasteiger partial charge in [0.1, 0.15) is 5.82 Å². The Hall–Kier alpha value is -1.32. The van der Waals surface area contributed by atoms with Crippen LogP contribution in [-0.2, 0) is 6.54 Å². The highest BCUT2D eigenvalue weighted by Crippen LogP contribution is 2.29. The summed E-state index contributed by atoms with van der Waals surface area (Å²) in [5.74, 6) is -0.191. The van der Waals surface area contributed by atoms with Gasteiger partial charge in [0.2, 0.25) is 0 Å². The van der Waals surface area contributed by atoms with Crippen molar-refractivity contribution in [3.8, 4) is 0 Å². The molecule has 2 rings (SSSR count). The van der Waals surface area contributed by atoms with Crippen LogP contribution in [0.4, 0.5) is 4.39 Å². The SMILES string of the molecule is CNCc1ccc(Sc2cccc(F)c2)cc1C. The number of aryl methyl sites for hydroxylation is 1. The Kier molecular flexibility index (Phi) is 4.39. The van der Waals surface area contributed by atoms with Gasteiger partial charge < -0.3 is 5.32 Å². The molecule has 0 aliphatic heterocycles. The Morgan fingerprint density at radius 3 is 2.56 bits per heavy atom. The first-order valence-electron chi connectivity index (χ1n) is 5.86. The molecule has 0 aromatic heterocycles. The van der Waals surface area contributed by atoms with E-state index in [9.17, 15) is 4.39 Å². The molecule has 0 radical (unpaired) electrons.